The van der Waals surface area contributed by atoms with Crippen molar-refractivity contribution in [3.05, 3.63) is 28.8 Å². The van der Waals surface area contributed by atoms with Crippen LogP contribution in [0.3, 0.4) is 0 Å². The molecule has 0 aromatic heterocycles. The number of aryl methyl sites for hydroxylation is 1. The molecule has 0 radical (unpaired) electrons. The lowest BCUT2D eigenvalue weighted by atomic mass is 9.76. The third kappa shape index (κ3) is 1.92. The van der Waals surface area contributed by atoms with Crippen molar-refractivity contribution in [3.63, 3.8) is 0 Å². The van der Waals surface area contributed by atoms with Gasteiger partial charge in [0, 0.05) is 24.4 Å². The molecule has 4 rings (SSSR count). The second kappa shape index (κ2) is 5.62. The number of carbonyl (C=O) groups is 3. The SMILES string of the molecule is COCCN1C(=O)[C@H]2[C@@H](C1=O)[C@]1(N[C@@H]2C)C(=O)Nc2c1ccc(C)c2C. The van der Waals surface area contributed by atoms with Crippen LogP contribution in [0.1, 0.15) is 23.6 Å². The zero-order valence-electron chi connectivity index (χ0n) is 15.4. The van der Waals surface area contributed by atoms with Gasteiger partial charge >= 0.3 is 0 Å². The summed E-state index contributed by atoms with van der Waals surface area (Å²) < 4.78 is 5.03. The van der Waals surface area contributed by atoms with E-state index in [9.17, 15) is 14.4 Å². The number of fused-ring (bicyclic) bond motifs is 4. The van der Waals surface area contributed by atoms with Crippen molar-refractivity contribution in [2.24, 2.45) is 11.8 Å². The Morgan fingerprint density at radius 2 is 1.92 bits per heavy atom. The second-order valence-electron chi connectivity index (χ2n) is 7.45. The Morgan fingerprint density at radius 3 is 2.62 bits per heavy atom. The lowest BCUT2D eigenvalue weighted by Crippen LogP contribution is -2.53. The number of imide groups is 1. The van der Waals surface area contributed by atoms with Crippen molar-refractivity contribution in [1.82, 2.24) is 10.2 Å². The highest BCUT2D eigenvalue weighted by Gasteiger charge is 2.69. The molecule has 3 aliphatic heterocycles. The first kappa shape index (κ1) is 17.2. The van der Waals surface area contributed by atoms with E-state index in [0.717, 1.165) is 22.4 Å². The number of carbonyl (C=O) groups excluding carboxylic acids is 3. The molecule has 0 saturated carbocycles. The number of benzene rings is 1. The Kier molecular flexibility index (Phi) is 3.71. The summed E-state index contributed by atoms with van der Waals surface area (Å²) in [5.41, 5.74) is 2.38. The zero-order valence-corrected chi connectivity index (χ0v) is 15.4. The largest absolute Gasteiger partial charge is 0.383 e. The lowest BCUT2D eigenvalue weighted by molar-refractivity contribution is -0.143. The summed E-state index contributed by atoms with van der Waals surface area (Å²) in [7, 11) is 1.53. The molecule has 2 saturated heterocycles. The molecule has 0 unspecified atom stereocenters. The zero-order chi connectivity index (χ0) is 18.8. The Balaban J connectivity index is 1.85. The van der Waals surface area contributed by atoms with Crippen LogP contribution in [0.4, 0.5) is 5.69 Å². The third-order valence-electron chi connectivity index (χ3n) is 6.18. The van der Waals surface area contributed by atoms with Crippen LogP contribution in [0.15, 0.2) is 12.1 Å². The molecule has 1 aromatic carbocycles. The number of rotatable bonds is 3. The quantitative estimate of drug-likeness (QED) is 0.777. The molecular weight excluding hydrogens is 334 g/mol. The maximum Gasteiger partial charge on any atom is 0.250 e. The fraction of sp³-hybridized carbons (Fsp3) is 0.526. The molecule has 26 heavy (non-hydrogen) atoms. The topological polar surface area (TPSA) is 87.7 Å². The molecule has 3 amide bonds. The van der Waals surface area contributed by atoms with Gasteiger partial charge in [0.05, 0.1) is 25.0 Å². The predicted molar refractivity (Wildman–Crippen MR) is 94.4 cm³/mol. The smallest absolute Gasteiger partial charge is 0.250 e. The normalized spacial score (nSPS) is 32.4. The fourth-order valence-corrected chi connectivity index (χ4v) is 4.74. The van der Waals surface area contributed by atoms with Crippen LogP contribution in [-0.2, 0) is 24.7 Å². The molecule has 1 aromatic rings. The van der Waals surface area contributed by atoms with Crippen LogP contribution in [0.25, 0.3) is 0 Å². The van der Waals surface area contributed by atoms with Gasteiger partial charge in [-0.25, -0.2) is 0 Å². The van der Waals surface area contributed by atoms with Gasteiger partial charge in [0.25, 0.3) is 0 Å². The third-order valence-corrected chi connectivity index (χ3v) is 6.18. The number of ether oxygens (including phenoxy) is 1. The van der Waals surface area contributed by atoms with Crippen molar-refractivity contribution < 1.29 is 19.1 Å². The average Bonchev–Trinajstić information content (AvgIpc) is 3.16. The van der Waals surface area contributed by atoms with E-state index in [4.69, 9.17) is 4.74 Å². The summed E-state index contributed by atoms with van der Waals surface area (Å²) in [5, 5.41) is 6.27. The molecule has 7 nitrogen and oxygen atoms in total. The van der Waals surface area contributed by atoms with E-state index >= 15 is 0 Å². The lowest BCUT2D eigenvalue weighted by Gasteiger charge is -2.29. The Hall–Kier alpha value is -2.25. The first-order chi connectivity index (χ1) is 12.3. The van der Waals surface area contributed by atoms with E-state index in [0.29, 0.717) is 0 Å². The van der Waals surface area contributed by atoms with Crippen LogP contribution in [-0.4, -0.2) is 48.9 Å². The average molecular weight is 357 g/mol. The minimum atomic E-state index is -1.19. The maximum absolute atomic E-state index is 13.1. The Labute approximate surface area is 152 Å². The van der Waals surface area contributed by atoms with E-state index < -0.39 is 17.4 Å². The molecule has 7 heteroatoms. The number of likely N-dealkylation sites (tertiary alicyclic amines) is 1. The molecule has 2 N–H and O–H groups in total. The summed E-state index contributed by atoms with van der Waals surface area (Å²) in [6, 6.07) is 3.58. The molecule has 138 valence electrons. The summed E-state index contributed by atoms with van der Waals surface area (Å²) in [6.07, 6.45) is 0. The minimum absolute atomic E-state index is 0.214. The monoisotopic (exact) mass is 357 g/mol. The standard InChI is InChI=1S/C19H23N3O4/c1-9-5-6-12-15(10(9)2)20-18(25)19(12)14-13(11(3)21-19)16(23)22(17(14)24)7-8-26-4/h5-6,11,13-14,21H,7-8H2,1-4H3,(H,20,25)/t11-,13-,14+,19+/m1/s1. The fourth-order valence-electron chi connectivity index (χ4n) is 4.74. The van der Waals surface area contributed by atoms with Crippen molar-refractivity contribution >= 4 is 23.4 Å². The number of hydrogen-bond donors (Lipinski definition) is 2. The number of nitrogens with one attached hydrogen (secondary N) is 2. The van der Waals surface area contributed by atoms with Crippen molar-refractivity contribution in [2.45, 2.75) is 32.4 Å². The number of nitrogens with zero attached hydrogens (tertiary/aromatic N) is 1. The number of amides is 3. The summed E-state index contributed by atoms with van der Waals surface area (Å²) >= 11 is 0. The van der Waals surface area contributed by atoms with Crippen LogP contribution >= 0.6 is 0 Å². The van der Waals surface area contributed by atoms with Gasteiger partial charge in [-0.3, -0.25) is 24.6 Å². The van der Waals surface area contributed by atoms with E-state index in [1.807, 2.05) is 32.9 Å². The van der Waals surface area contributed by atoms with Crippen LogP contribution in [0.2, 0.25) is 0 Å². The van der Waals surface area contributed by atoms with Gasteiger partial charge in [-0.15, -0.1) is 0 Å². The molecule has 1 spiro atoms. The second-order valence-corrected chi connectivity index (χ2v) is 7.45. The highest BCUT2D eigenvalue weighted by Crippen LogP contribution is 2.53. The Bertz CT molecular complexity index is 836. The van der Waals surface area contributed by atoms with Crippen molar-refractivity contribution in [2.75, 3.05) is 25.6 Å². The molecule has 3 aliphatic rings. The van der Waals surface area contributed by atoms with Crippen molar-refractivity contribution in [1.29, 1.82) is 0 Å². The highest BCUT2D eigenvalue weighted by molar-refractivity contribution is 6.15. The molecular formula is C19H23N3O4. The van der Waals surface area contributed by atoms with Gasteiger partial charge in [0.15, 0.2) is 0 Å². The first-order valence-electron chi connectivity index (χ1n) is 8.88. The van der Waals surface area contributed by atoms with Gasteiger partial charge in [0.2, 0.25) is 17.7 Å². The van der Waals surface area contributed by atoms with Gasteiger partial charge in [-0.05, 0) is 31.9 Å². The predicted octanol–water partition coefficient (Wildman–Crippen LogP) is 0.690. The van der Waals surface area contributed by atoms with Crippen LogP contribution in [0, 0.1) is 25.7 Å². The van der Waals surface area contributed by atoms with E-state index in [1.54, 1.807) is 0 Å². The van der Waals surface area contributed by atoms with E-state index in [1.165, 1.54) is 12.0 Å². The summed E-state index contributed by atoms with van der Waals surface area (Å²) in [6.45, 7) is 6.30. The number of hydrogen-bond acceptors (Lipinski definition) is 5. The van der Waals surface area contributed by atoms with Gasteiger partial charge < -0.3 is 10.1 Å². The highest BCUT2D eigenvalue weighted by atomic mass is 16.5. The van der Waals surface area contributed by atoms with Crippen LogP contribution < -0.4 is 10.6 Å². The van der Waals surface area contributed by atoms with E-state index in [-0.39, 0.29) is 36.9 Å². The molecule has 4 atom stereocenters. The van der Waals surface area contributed by atoms with E-state index in [2.05, 4.69) is 10.6 Å². The molecule has 2 fully saturated rings. The number of anilines is 1. The van der Waals surface area contributed by atoms with Gasteiger partial charge in [-0.1, -0.05) is 12.1 Å². The molecule has 3 heterocycles. The minimum Gasteiger partial charge on any atom is -0.383 e. The van der Waals surface area contributed by atoms with Gasteiger partial charge in [-0.2, -0.15) is 0 Å². The summed E-state index contributed by atoms with van der Waals surface area (Å²) in [5.74, 6) is -2.05. The molecule has 0 bridgehead atoms. The summed E-state index contributed by atoms with van der Waals surface area (Å²) in [4.78, 5) is 40.4. The Morgan fingerprint density at radius 1 is 1.19 bits per heavy atom. The van der Waals surface area contributed by atoms with Crippen molar-refractivity contribution in [3.8, 4) is 0 Å². The number of methoxy groups -OCH3 is 1. The first-order valence-corrected chi connectivity index (χ1v) is 8.88. The molecule has 0 aliphatic carbocycles. The van der Waals surface area contributed by atoms with Gasteiger partial charge in [0.1, 0.15) is 5.54 Å². The maximum atomic E-state index is 13.1. The van der Waals surface area contributed by atoms with Crippen LogP contribution in [0.5, 0.6) is 0 Å².